The topological polar surface area (TPSA) is 58.6 Å². The first-order chi connectivity index (χ1) is 5.90. The van der Waals surface area contributed by atoms with Gasteiger partial charge in [-0.3, -0.25) is 4.79 Å². The van der Waals surface area contributed by atoms with Crippen molar-refractivity contribution in [3.8, 4) is 0 Å². The minimum Gasteiger partial charge on any atom is -0.481 e. The Hall–Kier alpha value is -0.610. The van der Waals surface area contributed by atoms with Crippen LogP contribution >= 0.6 is 0 Å². The van der Waals surface area contributed by atoms with Gasteiger partial charge in [-0.15, -0.1) is 0 Å². The predicted octanol–water partition coefficient (Wildman–Crippen LogP) is 0.722. The first kappa shape index (κ1) is 12.4. The van der Waals surface area contributed by atoms with E-state index in [0.29, 0.717) is 13.2 Å². The lowest BCUT2D eigenvalue weighted by atomic mass is 9.93. The van der Waals surface area contributed by atoms with Crippen LogP contribution in [0.15, 0.2) is 0 Å². The Morgan fingerprint density at radius 3 is 2.54 bits per heavy atom. The summed E-state index contributed by atoms with van der Waals surface area (Å²) in [7, 11) is 1.63. The van der Waals surface area contributed by atoms with E-state index >= 15 is 0 Å². The zero-order valence-electron chi connectivity index (χ0n) is 8.76. The van der Waals surface area contributed by atoms with Crippen LogP contribution in [0.2, 0.25) is 0 Å². The maximum absolute atomic E-state index is 10.7. The van der Waals surface area contributed by atoms with Crippen molar-refractivity contribution in [1.82, 2.24) is 5.32 Å². The molecule has 0 bridgehead atoms. The maximum atomic E-state index is 10.7. The summed E-state index contributed by atoms with van der Waals surface area (Å²) in [6.45, 7) is 6.40. The van der Waals surface area contributed by atoms with Gasteiger partial charge in [-0.1, -0.05) is 0 Å². The number of hydrogen-bond acceptors (Lipinski definition) is 3. The Balaban J connectivity index is 3.80. The summed E-state index contributed by atoms with van der Waals surface area (Å²) in [6, 6.07) is 0.184. The smallest absolute Gasteiger partial charge is 0.310 e. The first-order valence-electron chi connectivity index (χ1n) is 4.36. The zero-order chi connectivity index (χ0) is 10.5. The van der Waals surface area contributed by atoms with Crippen molar-refractivity contribution >= 4 is 5.97 Å². The third kappa shape index (κ3) is 4.85. The summed E-state index contributed by atoms with van der Waals surface area (Å²) in [4.78, 5) is 10.7. The summed E-state index contributed by atoms with van der Waals surface area (Å²) in [6.07, 6.45) is 0. The number of ether oxygens (including phenoxy) is 1. The minimum atomic E-state index is -0.787. The van der Waals surface area contributed by atoms with E-state index < -0.39 is 11.4 Å². The molecular weight excluding hydrogens is 170 g/mol. The number of aliphatic carboxylic acids is 1. The molecule has 0 saturated heterocycles. The largest absolute Gasteiger partial charge is 0.481 e. The fourth-order valence-corrected chi connectivity index (χ4v) is 0.814. The van der Waals surface area contributed by atoms with Crippen LogP contribution in [0.25, 0.3) is 0 Å². The van der Waals surface area contributed by atoms with E-state index in [1.807, 2.05) is 6.92 Å². The Morgan fingerprint density at radius 1 is 1.62 bits per heavy atom. The Bertz CT molecular complexity index is 168. The molecule has 1 unspecified atom stereocenters. The lowest BCUT2D eigenvalue weighted by Crippen LogP contribution is -2.41. The van der Waals surface area contributed by atoms with Crippen LogP contribution in [0.3, 0.4) is 0 Å². The molecule has 1 atom stereocenters. The molecule has 0 spiro atoms. The number of carboxylic acids is 1. The Morgan fingerprint density at radius 2 is 2.15 bits per heavy atom. The third-order valence-electron chi connectivity index (χ3n) is 1.89. The molecule has 0 aliphatic heterocycles. The van der Waals surface area contributed by atoms with Crippen LogP contribution in [0.4, 0.5) is 0 Å². The van der Waals surface area contributed by atoms with E-state index in [9.17, 15) is 4.79 Å². The molecule has 0 aromatic carbocycles. The molecule has 0 saturated carbocycles. The van der Waals surface area contributed by atoms with Gasteiger partial charge in [0, 0.05) is 19.7 Å². The second kappa shape index (κ2) is 5.19. The highest BCUT2D eigenvalue weighted by atomic mass is 16.5. The normalized spacial score (nSPS) is 14.2. The molecule has 78 valence electrons. The molecular formula is C9H19NO3. The van der Waals surface area contributed by atoms with E-state index in [4.69, 9.17) is 9.84 Å². The van der Waals surface area contributed by atoms with Gasteiger partial charge in [-0.2, -0.15) is 0 Å². The molecule has 2 N–H and O–H groups in total. The number of carbonyl (C=O) groups is 1. The molecule has 0 rings (SSSR count). The van der Waals surface area contributed by atoms with Gasteiger partial charge in [-0.05, 0) is 20.8 Å². The molecule has 13 heavy (non-hydrogen) atoms. The summed E-state index contributed by atoms with van der Waals surface area (Å²) >= 11 is 0. The van der Waals surface area contributed by atoms with Gasteiger partial charge in [-0.25, -0.2) is 0 Å². The minimum absolute atomic E-state index is 0.184. The average molecular weight is 189 g/mol. The van der Waals surface area contributed by atoms with Crippen molar-refractivity contribution in [1.29, 1.82) is 0 Å². The van der Waals surface area contributed by atoms with E-state index in [-0.39, 0.29) is 6.04 Å². The first-order valence-corrected chi connectivity index (χ1v) is 4.36. The molecule has 0 aliphatic rings. The van der Waals surface area contributed by atoms with Crippen molar-refractivity contribution in [2.24, 2.45) is 5.41 Å². The van der Waals surface area contributed by atoms with E-state index in [1.54, 1.807) is 21.0 Å². The van der Waals surface area contributed by atoms with Crippen molar-refractivity contribution in [3.05, 3.63) is 0 Å². The summed E-state index contributed by atoms with van der Waals surface area (Å²) < 4.78 is 4.92. The molecule has 0 aliphatic carbocycles. The van der Waals surface area contributed by atoms with Crippen LogP contribution in [-0.4, -0.2) is 37.4 Å². The standard InChI is InChI=1S/C9H19NO3/c1-7(5-13-4)10-6-9(2,3)8(11)12/h7,10H,5-6H2,1-4H3,(H,11,12). The number of methoxy groups -OCH3 is 1. The summed E-state index contributed by atoms with van der Waals surface area (Å²) in [5.41, 5.74) is -0.720. The van der Waals surface area contributed by atoms with Crippen molar-refractivity contribution in [2.45, 2.75) is 26.8 Å². The molecule has 0 aromatic rings. The second-order valence-electron chi connectivity index (χ2n) is 3.93. The summed E-state index contributed by atoms with van der Waals surface area (Å²) in [5, 5.41) is 11.9. The molecule has 0 heterocycles. The van der Waals surface area contributed by atoms with Crippen LogP contribution in [0.5, 0.6) is 0 Å². The van der Waals surface area contributed by atoms with Gasteiger partial charge >= 0.3 is 5.97 Å². The van der Waals surface area contributed by atoms with Gasteiger partial charge in [0.25, 0.3) is 0 Å². The van der Waals surface area contributed by atoms with Gasteiger partial charge in [0.05, 0.1) is 12.0 Å². The molecule has 4 heteroatoms. The molecule has 0 fully saturated rings. The number of rotatable bonds is 6. The van der Waals surface area contributed by atoms with E-state index in [1.165, 1.54) is 0 Å². The highest BCUT2D eigenvalue weighted by Gasteiger charge is 2.26. The van der Waals surface area contributed by atoms with E-state index in [2.05, 4.69) is 5.32 Å². The quantitative estimate of drug-likeness (QED) is 0.646. The van der Waals surface area contributed by atoms with Gasteiger partial charge in [0.2, 0.25) is 0 Å². The Labute approximate surface area is 79.3 Å². The van der Waals surface area contributed by atoms with Crippen LogP contribution in [0, 0.1) is 5.41 Å². The molecule has 0 radical (unpaired) electrons. The highest BCUT2D eigenvalue weighted by Crippen LogP contribution is 2.13. The van der Waals surface area contributed by atoms with E-state index in [0.717, 1.165) is 0 Å². The third-order valence-corrected chi connectivity index (χ3v) is 1.89. The molecule has 0 amide bonds. The Kier molecular flexibility index (Phi) is 4.95. The van der Waals surface area contributed by atoms with Gasteiger partial charge in [0.15, 0.2) is 0 Å². The van der Waals surface area contributed by atoms with Crippen LogP contribution in [-0.2, 0) is 9.53 Å². The fraction of sp³-hybridized carbons (Fsp3) is 0.889. The lowest BCUT2D eigenvalue weighted by molar-refractivity contribution is -0.146. The second-order valence-corrected chi connectivity index (χ2v) is 3.93. The summed E-state index contributed by atoms with van der Waals surface area (Å²) in [5.74, 6) is -0.787. The molecule has 4 nitrogen and oxygen atoms in total. The monoisotopic (exact) mass is 189 g/mol. The van der Waals surface area contributed by atoms with Gasteiger partial charge in [0.1, 0.15) is 0 Å². The van der Waals surface area contributed by atoms with Crippen LogP contribution in [0.1, 0.15) is 20.8 Å². The number of hydrogen-bond donors (Lipinski definition) is 2. The number of carboxylic acid groups (broad SMARTS) is 1. The average Bonchev–Trinajstić information content (AvgIpc) is 2.01. The molecule has 0 aromatic heterocycles. The predicted molar refractivity (Wildman–Crippen MR) is 50.8 cm³/mol. The highest BCUT2D eigenvalue weighted by molar-refractivity contribution is 5.73. The zero-order valence-corrected chi connectivity index (χ0v) is 8.76. The van der Waals surface area contributed by atoms with Gasteiger partial charge < -0.3 is 15.2 Å². The maximum Gasteiger partial charge on any atom is 0.310 e. The fourth-order valence-electron chi connectivity index (χ4n) is 0.814. The van der Waals surface area contributed by atoms with Crippen molar-refractivity contribution in [3.63, 3.8) is 0 Å². The van der Waals surface area contributed by atoms with Crippen LogP contribution < -0.4 is 5.32 Å². The van der Waals surface area contributed by atoms with Crippen molar-refractivity contribution < 1.29 is 14.6 Å². The number of nitrogens with one attached hydrogen (secondary N) is 1. The lowest BCUT2D eigenvalue weighted by Gasteiger charge is -2.22. The SMILES string of the molecule is COCC(C)NCC(C)(C)C(=O)O. The van der Waals surface area contributed by atoms with Crippen molar-refractivity contribution in [2.75, 3.05) is 20.3 Å².